The molecular weight excluding hydrogens is 421 g/mol. The van der Waals surface area contributed by atoms with Crippen LogP contribution in [0.2, 0.25) is 0 Å². The summed E-state index contributed by atoms with van der Waals surface area (Å²) < 4.78 is 5.14. The summed E-state index contributed by atoms with van der Waals surface area (Å²) in [5.41, 5.74) is 3.95. The van der Waals surface area contributed by atoms with Crippen molar-refractivity contribution in [3.05, 3.63) is 78.1 Å². The van der Waals surface area contributed by atoms with E-state index < -0.39 is 0 Å². The van der Waals surface area contributed by atoms with Crippen molar-refractivity contribution in [2.24, 2.45) is 0 Å². The molecule has 1 saturated heterocycles. The van der Waals surface area contributed by atoms with Crippen molar-refractivity contribution in [2.45, 2.75) is 13.0 Å². The highest BCUT2D eigenvalue weighted by Gasteiger charge is 2.20. The Morgan fingerprint density at radius 3 is 2.13 bits per heavy atom. The van der Waals surface area contributed by atoms with Crippen LogP contribution in [-0.2, 0) is 17.8 Å². The molecule has 2 aromatic carbocycles. The number of carbonyl (C=O) groups excluding carboxylic acids is 1. The molecule has 160 valence electrons. The van der Waals surface area contributed by atoms with Crippen LogP contribution in [0.3, 0.4) is 0 Å². The van der Waals surface area contributed by atoms with Gasteiger partial charge in [0.1, 0.15) is 12.0 Å². The molecule has 7 heteroatoms. The number of aromatic nitrogens is 1. The van der Waals surface area contributed by atoms with Crippen molar-refractivity contribution in [2.75, 3.05) is 32.7 Å². The average molecular weight is 448 g/mol. The summed E-state index contributed by atoms with van der Waals surface area (Å²) in [5, 5.41) is 4.09. The van der Waals surface area contributed by atoms with Gasteiger partial charge >= 0.3 is 0 Å². The molecule has 5 nitrogen and oxygen atoms in total. The Balaban J connectivity index is 0.00000160. The van der Waals surface area contributed by atoms with Gasteiger partial charge in [-0.1, -0.05) is 65.8 Å². The highest BCUT2D eigenvalue weighted by atomic mass is 35.5. The number of rotatable bonds is 7. The van der Waals surface area contributed by atoms with Gasteiger partial charge in [-0.25, -0.2) is 0 Å². The number of piperazine rings is 1. The number of hydrogen-bond donors (Lipinski definition) is 0. The molecule has 0 aliphatic carbocycles. The molecular formula is C23H27Cl2N3O2. The van der Waals surface area contributed by atoms with Crippen molar-refractivity contribution in [3.8, 4) is 11.3 Å². The van der Waals surface area contributed by atoms with Crippen LogP contribution >= 0.6 is 24.8 Å². The number of halogens is 2. The van der Waals surface area contributed by atoms with Crippen LogP contribution in [0.1, 0.15) is 11.1 Å². The van der Waals surface area contributed by atoms with E-state index in [-0.39, 0.29) is 30.6 Å². The molecule has 0 N–H and O–H groups in total. The zero-order valence-corrected chi connectivity index (χ0v) is 18.4. The minimum atomic E-state index is 0. The summed E-state index contributed by atoms with van der Waals surface area (Å²) in [6, 6.07) is 20.4. The summed E-state index contributed by atoms with van der Waals surface area (Å²) in [7, 11) is 0. The van der Waals surface area contributed by atoms with Crippen LogP contribution in [0, 0.1) is 0 Å². The Kier molecular flexibility index (Phi) is 9.53. The third-order valence-electron chi connectivity index (χ3n) is 5.19. The quantitative estimate of drug-likeness (QED) is 0.545. The Hall–Kier alpha value is -2.18. The Morgan fingerprint density at radius 1 is 0.867 bits per heavy atom. The molecule has 0 amide bonds. The molecule has 2 heterocycles. The van der Waals surface area contributed by atoms with Crippen LogP contribution in [0.5, 0.6) is 0 Å². The molecule has 0 bridgehead atoms. The zero-order valence-electron chi connectivity index (χ0n) is 16.8. The van der Waals surface area contributed by atoms with E-state index in [0.717, 1.165) is 49.5 Å². The van der Waals surface area contributed by atoms with Crippen LogP contribution in [-0.4, -0.2) is 53.5 Å². The van der Waals surface area contributed by atoms with E-state index in [2.05, 4.69) is 39.2 Å². The molecule has 0 radical (unpaired) electrons. The van der Waals surface area contributed by atoms with Gasteiger partial charge in [-0.15, -0.1) is 24.8 Å². The maximum atomic E-state index is 12.6. The number of nitrogens with zero attached hydrogens (tertiary/aromatic N) is 3. The fourth-order valence-corrected chi connectivity index (χ4v) is 3.68. The topological polar surface area (TPSA) is 49.6 Å². The van der Waals surface area contributed by atoms with Gasteiger partial charge in [0.2, 0.25) is 0 Å². The second-order valence-electron chi connectivity index (χ2n) is 7.31. The molecule has 4 rings (SSSR count). The molecule has 0 saturated carbocycles. The van der Waals surface area contributed by atoms with Crippen molar-refractivity contribution in [3.63, 3.8) is 0 Å². The van der Waals surface area contributed by atoms with Crippen LogP contribution < -0.4 is 0 Å². The van der Waals surface area contributed by atoms with E-state index >= 15 is 0 Å². The summed E-state index contributed by atoms with van der Waals surface area (Å²) in [6.45, 7) is 5.29. The molecule has 3 aromatic rings. The largest absolute Gasteiger partial charge is 0.364 e. The third kappa shape index (κ3) is 6.41. The van der Waals surface area contributed by atoms with Crippen LogP contribution in [0.15, 0.2) is 71.4 Å². The predicted octanol–water partition coefficient (Wildman–Crippen LogP) is 4.11. The number of benzene rings is 2. The molecule has 1 aliphatic rings. The van der Waals surface area contributed by atoms with Crippen LogP contribution in [0.4, 0.5) is 0 Å². The maximum Gasteiger partial charge on any atom is 0.151 e. The van der Waals surface area contributed by atoms with Crippen molar-refractivity contribution < 1.29 is 9.32 Å². The van der Waals surface area contributed by atoms with Crippen molar-refractivity contribution in [1.29, 1.82) is 0 Å². The Bertz CT molecular complexity index is 895. The smallest absolute Gasteiger partial charge is 0.151 e. The van der Waals surface area contributed by atoms with Gasteiger partial charge < -0.3 is 4.52 Å². The highest BCUT2D eigenvalue weighted by Crippen LogP contribution is 2.22. The first kappa shape index (κ1) is 24.1. The Labute approximate surface area is 189 Å². The maximum absolute atomic E-state index is 12.6. The minimum Gasteiger partial charge on any atom is -0.364 e. The van der Waals surface area contributed by atoms with Crippen molar-refractivity contribution in [1.82, 2.24) is 15.0 Å². The van der Waals surface area contributed by atoms with Gasteiger partial charge in [-0.3, -0.25) is 14.6 Å². The molecule has 1 aliphatic heterocycles. The standard InChI is InChI=1S/C23H25N3O2.2ClH/c27-22(15-21-18-28-24-23(21)20-9-5-2-6-10-20)17-26-13-11-25(12-14-26)16-19-7-3-1-4-8-19;;/h1-10,18H,11-17H2;2*1H. The summed E-state index contributed by atoms with van der Waals surface area (Å²) in [4.78, 5) is 17.3. The molecule has 0 spiro atoms. The number of hydrogen-bond acceptors (Lipinski definition) is 5. The zero-order chi connectivity index (χ0) is 19.2. The summed E-state index contributed by atoms with van der Waals surface area (Å²) in [6.07, 6.45) is 1.95. The first-order valence-corrected chi connectivity index (χ1v) is 9.77. The number of ketones is 1. The van der Waals surface area contributed by atoms with Gasteiger partial charge in [-0.2, -0.15) is 0 Å². The van der Waals surface area contributed by atoms with Gasteiger partial charge in [0, 0.05) is 50.3 Å². The summed E-state index contributed by atoms with van der Waals surface area (Å²) in [5.74, 6) is 0.205. The third-order valence-corrected chi connectivity index (χ3v) is 5.19. The van der Waals surface area contributed by atoms with E-state index in [4.69, 9.17) is 4.52 Å². The first-order chi connectivity index (χ1) is 13.8. The average Bonchev–Trinajstić information content (AvgIpc) is 3.19. The fourth-order valence-electron chi connectivity index (χ4n) is 3.68. The second kappa shape index (κ2) is 11.9. The number of Topliss-reactive ketones (excluding diaryl/α,β-unsaturated/α-hetero) is 1. The lowest BCUT2D eigenvalue weighted by atomic mass is 10.0. The lowest BCUT2D eigenvalue weighted by molar-refractivity contribution is -0.120. The van der Waals surface area contributed by atoms with Gasteiger partial charge in [0.25, 0.3) is 0 Å². The molecule has 1 aromatic heterocycles. The van der Waals surface area contributed by atoms with Gasteiger partial charge in [-0.05, 0) is 5.56 Å². The second-order valence-corrected chi connectivity index (χ2v) is 7.31. The molecule has 0 unspecified atom stereocenters. The Morgan fingerprint density at radius 2 is 1.47 bits per heavy atom. The van der Waals surface area contributed by atoms with E-state index in [0.29, 0.717) is 13.0 Å². The SMILES string of the molecule is Cl.Cl.O=C(Cc1conc1-c1ccccc1)CN1CCN(Cc2ccccc2)CC1. The normalized spacial score (nSPS) is 14.5. The van der Waals surface area contributed by atoms with Crippen molar-refractivity contribution >= 4 is 30.6 Å². The lowest BCUT2D eigenvalue weighted by Crippen LogP contribution is -2.47. The monoisotopic (exact) mass is 447 g/mol. The van der Waals surface area contributed by atoms with Crippen LogP contribution in [0.25, 0.3) is 11.3 Å². The molecule has 30 heavy (non-hydrogen) atoms. The first-order valence-electron chi connectivity index (χ1n) is 9.77. The van der Waals surface area contributed by atoms with E-state index in [9.17, 15) is 4.79 Å². The van der Waals surface area contributed by atoms with Gasteiger partial charge in [0.15, 0.2) is 5.78 Å². The molecule has 0 atom stereocenters. The van der Waals surface area contributed by atoms with E-state index in [1.165, 1.54) is 5.56 Å². The minimum absolute atomic E-state index is 0. The fraction of sp³-hybridized carbons (Fsp3) is 0.304. The number of carbonyl (C=O) groups is 1. The lowest BCUT2D eigenvalue weighted by Gasteiger charge is -2.34. The molecule has 1 fully saturated rings. The predicted molar refractivity (Wildman–Crippen MR) is 123 cm³/mol. The highest BCUT2D eigenvalue weighted by molar-refractivity contribution is 5.86. The van der Waals surface area contributed by atoms with Gasteiger partial charge in [0.05, 0.1) is 6.54 Å². The van der Waals surface area contributed by atoms with E-state index in [1.807, 2.05) is 36.4 Å². The summed E-state index contributed by atoms with van der Waals surface area (Å²) >= 11 is 0. The van der Waals surface area contributed by atoms with E-state index in [1.54, 1.807) is 6.26 Å².